The summed E-state index contributed by atoms with van der Waals surface area (Å²) in [5.74, 6) is 2.23. The first-order chi connectivity index (χ1) is 14.3. The third kappa shape index (κ3) is 6.72. The van der Waals surface area contributed by atoms with E-state index in [4.69, 9.17) is 26.6 Å². The second kappa shape index (κ2) is 11.4. The number of hydrogen-bond donors (Lipinski definition) is 0. The summed E-state index contributed by atoms with van der Waals surface area (Å²) in [6, 6.07) is 1.87. The van der Waals surface area contributed by atoms with Crippen molar-refractivity contribution in [3.05, 3.63) is 0 Å². The van der Waals surface area contributed by atoms with Crippen LogP contribution < -0.4 is 0 Å². The first kappa shape index (κ1) is 22.7. The van der Waals surface area contributed by atoms with Gasteiger partial charge in [-0.15, -0.1) is 0 Å². The van der Waals surface area contributed by atoms with Gasteiger partial charge in [0, 0.05) is 51.4 Å². The van der Waals surface area contributed by atoms with E-state index in [0.29, 0.717) is 0 Å². The van der Waals surface area contributed by atoms with Crippen LogP contribution in [-0.2, 0) is 26.6 Å². The van der Waals surface area contributed by atoms with Crippen LogP contribution in [0.1, 0.15) is 12.8 Å². The maximum Gasteiger partial charge on any atom is 0.501 e. The van der Waals surface area contributed by atoms with Crippen molar-refractivity contribution in [2.45, 2.75) is 24.9 Å². The molecule has 6 saturated heterocycles. The van der Waals surface area contributed by atoms with Crippen LogP contribution in [-0.4, -0.2) is 118 Å². The molecule has 6 heterocycles. The zero-order valence-electron chi connectivity index (χ0n) is 17.5. The molecule has 6 aliphatic rings. The second-order valence-corrected chi connectivity index (χ2v) is 14.6. The molecule has 29 heavy (non-hydrogen) atoms. The third-order valence-corrected chi connectivity index (χ3v) is 12.9. The molecule has 6 fully saturated rings. The van der Waals surface area contributed by atoms with E-state index in [0.717, 1.165) is 115 Å². The highest BCUT2D eigenvalue weighted by molar-refractivity contribution is 7.99. The first-order valence-electron chi connectivity index (χ1n) is 11.1. The summed E-state index contributed by atoms with van der Waals surface area (Å²) < 4.78 is 36.7. The minimum Gasteiger partial charge on any atom is -0.372 e. The van der Waals surface area contributed by atoms with Crippen LogP contribution in [0.15, 0.2) is 0 Å². The van der Waals surface area contributed by atoms with Gasteiger partial charge in [-0.05, 0) is 24.3 Å². The average Bonchev–Trinajstić information content (AvgIpc) is 2.61. The molecule has 0 saturated carbocycles. The van der Waals surface area contributed by atoms with E-state index in [2.05, 4.69) is 9.80 Å². The molecule has 0 radical (unpaired) electrons. The Balaban J connectivity index is 1.13. The van der Waals surface area contributed by atoms with E-state index in [9.17, 15) is 0 Å². The van der Waals surface area contributed by atoms with Crippen LogP contribution in [0, 0.1) is 0 Å². The van der Waals surface area contributed by atoms with E-state index in [-0.39, 0.29) is 0 Å². The van der Waals surface area contributed by atoms with Crippen molar-refractivity contribution in [2.75, 3.05) is 90.4 Å². The first-order valence-corrected chi connectivity index (χ1v) is 16.2. The quantitative estimate of drug-likeness (QED) is 0.389. The predicted molar refractivity (Wildman–Crippen MR) is 116 cm³/mol. The molecule has 0 atom stereocenters. The molecular formula is C18H36N2O6SSi2. The summed E-state index contributed by atoms with van der Waals surface area (Å²) in [5.41, 5.74) is 0. The summed E-state index contributed by atoms with van der Waals surface area (Å²) in [4.78, 5) is 4.71. The Hall–Kier alpha value is 0.464. The van der Waals surface area contributed by atoms with Crippen molar-refractivity contribution in [3.8, 4) is 0 Å². The maximum absolute atomic E-state index is 6.11. The lowest BCUT2D eigenvalue weighted by molar-refractivity contribution is -0.00873. The van der Waals surface area contributed by atoms with Crippen molar-refractivity contribution in [1.82, 2.24) is 9.80 Å². The van der Waals surface area contributed by atoms with Crippen molar-refractivity contribution >= 4 is 29.4 Å². The van der Waals surface area contributed by atoms with Gasteiger partial charge in [0.25, 0.3) is 0 Å². The highest BCUT2D eigenvalue weighted by Gasteiger charge is 2.44. The zero-order chi connectivity index (χ0) is 19.8. The molecule has 0 unspecified atom stereocenters. The van der Waals surface area contributed by atoms with Crippen LogP contribution >= 0.6 is 11.8 Å². The molecule has 0 aromatic rings. The number of rotatable bonds is 8. The van der Waals surface area contributed by atoms with Gasteiger partial charge in [-0.25, -0.2) is 0 Å². The Morgan fingerprint density at radius 1 is 0.517 bits per heavy atom. The number of hydrogen-bond acceptors (Lipinski definition) is 9. The van der Waals surface area contributed by atoms with Gasteiger partial charge in [0.1, 0.15) is 0 Å². The molecule has 8 nitrogen and oxygen atoms in total. The van der Waals surface area contributed by atoms with Crippen molar-refractivity contribution < 1.29 is 26.6 Å². The predicted octanol–water partition coefficient (Wildman–Crippen LogP) is 1.14. The number of fused-ring (bicyclic) bond motifs is 12. The van der Waals surface area contributed by atoms with E-state index >= 15 is 0 Å². The van der Waals surface area contributed by atoms with Gasteiger partial charge in [-0.3, -0.25) is 9.80 Å². The van der Waals surface area contributed by atoms with Gasteiger partial charge in [-0.1, -0.05) is 0 Å². The van der Waals surface area contributed by atoms with E-state index in [1.54, 1.807) is 0 Å². The van der Waals surface area contributed by atoms with E-state index in [1.807, 2.05) is 11.8 Å². The highest BCUT2D eigenvalue weighted by atomic mass is 32.2. The summed E-state index contributed by atoms with van der Waals surface area (Å²) in [5, 5.41) is 0. The van der Waals surface area contributed by atoms with Gasteiger partial charge in [0.15, 0.2) is 0 Å². The molecule has 0 N–H and O–H groups in total. The highest BCUT2D eigenvalue weighted by Crippen LogP contribution is 2.25. The lowest BCUT2D eigenvalue weighted by atomic mass is 10.4. The van der Waals surface area contributed by atoms with E-state index < -0.39 is 17.6 Å². The Kier molecular flexibility index (Phi) is 8.88. The summed E-state index contributed by atoms with van der Waals surface area (Å²) >= 11 is 2.00. The Labute approximate surface area is 181 Å². The van der Waals surface area contributed by atoms with Crippen LogP contribution in [0.2, 0.25) is 12.1 Å². The minimum absolute atomic E-state index is 0.740. The fourth-order valence-electron chi connectivity index (χ4n) is 4.22. The van der Waals surface area contributed by atoms with Crippen molar-refractivity contribution in [2.24, 2.45) is 0 Å². The number of nitrogens with zero attached hydrogens (tertiary/aromatic N) is 2. The zero-order valence-corrected chi connectivity index (χ0v) is 20.3. The van der Waals surface area contributed by atoms with Crippen molar-refractivity contribution in [3.63, 3.8) is 0 Å². The lowest BCUT2D eigenvalue weighted by Gasteiger charge is -2.38. The summed E-state index contributed by atoms with van der Waals surface area (Å²) in [6.45, 7) is 10.5. The molecule has 6 rings (SSSR count). The Morgan fingerprint density at radius 3 is 1.14 bits per heavy atom. The van der Waals surface area contributed by atoms with Crippen LogP contribution in [0.5, 0.6) is 0 Å². The van der Waals surface area contributed by atoms with Crippen LogP contribution in [0.25, 0.3) is 0 Å². The van der Waals surface area contributed by atoms with Crippen LogP contribution in [0.4, 0.5) is 0 Å². The van der Waals surface area contributed by atoms with Gasteiger partial charge in [-0.2, -0.15) is 11.8 Å². The third-order valence-electron chi connectivity index (χ3n) is 5.92. The Bertz CT molecular complexity index is 414. The van der Waals surface area contributed by atoms with Gasteiger partial charge >= 0.3 is 17.6 Å². The SMILES string of the molecule is C(CSCCC[Si]12OCCN(CCO1)CCO2)C[Si]12OCCN(CCO1)CCO2. The fourth-order valence-corrected chi connectivity index (χ4v) is 10.6. The molecule has 11 heteroatoms. The summed E-state index contributed by atoms with van der Waals surface area (Å²) in [6.07, 6.45) is 2.17. The second-order valence-electron chi connectivity index (χ2n) is 7.96. The Morgan fingerprint density at radius 2 is 0.828 bits per heavy atom. The molecule has 0 spiro atoms. The minimum atomic E-state index is -2.45. The average molecular weight is 465 g/mol. The molecular weight excluding hydrogens is 428 g/mol. The molecule has 168 valence electrons. The van der Waals surface area contributed by atoms with Crippen LogP contribution in [0.3, 0.4) is 0 Å². The maximum atomic E-state index is 6.11. The topological polar surface area (TPSA) is 61.9 Å². The van der Waals surface area contributed by atoms with E-state index in [1.165, 1.54) is 0 Å². The smallest absolute Gasteiger partial charge is 0.372 e. The van der Waals surface area contributed by atoms with Gasteiger partial charge in [0.05, 0.1) is 39.6 Å². The monoisotopic (exact) mass is 464 g/mol. The molecule has 0 aromatic carbocycles. The molecule has 6 aliphatic heterocycles. The normalized spacial score (nSPS) is 38.5. The lowest BCUT2D eigenvalue weighted by Crippen LogP contribution is -2.55. The fraction of sp³-hybridized carbons (Fsp3) is 1.00. The van der Waals surface area contributed by atoms with Crippen molar-refractivity contribution in [1.29, 1.82) is 0 Å². The largest absolute Gasteiger partial charge is 0.501 e. The van der Waals surface area contributed by atoms with Gasteiger partial charge in [0.2, 0.25) is 0 Å². The molecule has 0 amide bonds. The standard InChI is InChI=1S/C18H36N2O6SSi2/c1(17-28-21-9-3-19(4-10-22-28)5-11-23-28)15-27-16-2-18-29-24-12-6-20(7-13-25-29)8-14-26-29/h1-18H2. The molecule has 4 bridgehead atoms. The molecule has 0 aromatic heterocycles. The summed E-state index contributed by atoms with van der Waals surface area (Å²) in [7, 11) is -4.90. The molecule has 0 aliphatic carbocycles. The number of thioether (sulfide) groups is 1. The van der Waals surface area contributed by atoms with Gasteiger partial charge < -0.3 is 26.6 Å².